The van der Waals surface area contributed by atoms with Gasteiger partial charge in [0.1, 0.15) is 17.3 Å². The van der Waals surface area contributed by atoms with Gasteiger partial charge in [-0.3, -0.25) is 9.59 Å². The molecule has 2 aromatic carbocycles. The number of benzene rings is 2. The summed E-state index contributed by atoms with van der Waals surface area (Å²) < 4.78 is 0. The maximum atomic E-state index is 12.9. The molecule has 0 heterocycles. The van der Waals surface area contributed by atoms with Crippen LogP contribution in [0.25, 0.3) is 11.3 Å². The molecule has 5 nitrogen and oxygen atoms in total. The number of aromatic hydroxyl groups is 2. The lowest BCUT2D eigenvalue weighted by Crippen LogP contribution is -2.24. The number of ketones is 2. The Kier molecular flexibility index (Phi) is 4.61. The van der Waals surface area contributed by atoms with Gasteiger partial charge in [-0.1, -0.05) is 53.7 Å². The van der Waals surface area contributed by atoms with Crippen molar-refractivity contribution in [3.05, 3.63) is 58.1 Å². The smallest absolute Gasteiger partial charge is 0.238 e. The van der Waals surface area contributed by atoms with E-state index in [-0.39, 0.29) is 34.0 Å². The molecule has 0 aliphatic heterocycles. The number of phenols is 2. The minimum Gasteiger partial charge on any atom is -0.507 e. The standard InChI is InChI=1S/C24H26O5/c1-23(2,3)14-10-12(11-15(20(14)27)24(4,5)6)17-19(26)13-8-7-9-16(25)18(13)22(29)21(17)28/h7-11,25-27H,1-6H3. The number of aliphatic hydroxyl groups is 1. The third kappa shape index (κ3) is 3.31. The Hall–Kier alpha value is -3.08. The molecule has 0 saturated carbocycles. The van der Waals surface area contributed by atoms with Gasteiger partial charge in [-0.15, -0.1) is 0 Å². The molecule has 0 amide bonds. The van der Waals surface area contributed by atoms with Crippen molar-refractivity contribution >= 4 is 22.9 Å². The second-order valence-electron chi connectivity index (χ2n) is 9.50. The number of hydrogen-bond acceptors (Lipinski definition) is 5. The number of carbonyl (C=O) groups excluding carboxylic acids is 2. The molecule has 0 radical (unpaired) electrons. The Morgan fingerprint density at radius 2 is 1.28 bits per heavy atom. The summed E-state index contributed by atoms with van der Waals surface area (Å²) in [4.78, 5) is 25.6. The minimum atomic E-state index is -0.887. The summed E-state index contributed by atoms with van der Waals surface area (Å²) in [5.74, 6) is -2.31. The van der Waals surface area contributed by atoms with Gasteiger partial charge in [-0.2, -0.15) is 0 Å². The molecule has 152 valence electrons. The van der Waals surface area contributed by atoms with Crippen LogP contribution >= 0.6 is 0 Å². The van der Waals surface area contributed by atoms with Gasteiger partial charge in [0.05, 0.1) is 11.1 Å². The van der Waals surface area contributed by atoms with Gasteiger partial charge in [0.25, 0.3) is 0 Å². The Labute approximate surface area is 170 Å². The third-order valence-electron chi connectivity index (χ3n) is 5.21. The third-order valence-corrected chi connectivity index (χ3v) is 5.21. The Balaban J connectivity index is 2.40. The van der Waals surface area contributed by atoms with E-state index in [0.29, 0.717) is 16.7 Å². The van der Waals surface area contributed by atoms with Gasteiger partial charge in [0.15, 0.2) is 0 Å². The monoisotopic (exact) mass is 394 g/mol. The number of Topliss-reactive ketones (excluding diaryl/α,β-unsaturated/α-hetero) is 2. The first kappa shape index (κ1) is 20.6. The lowest BCUT2D eigenvalue weighted by Gasteiger charge is -2.29. The number of aliphatic hydroxyl groups excluding tert-OH is 1. The molecule has 0 atom stereocenters. The van der Waals surface area contributed by atoms with Gasteiger partial charge >= 0.3 is 0 Å². The first-order valence-corrected chi connectivity index (χ1v) is 9.48. The predicted octanol–water partition coefficient (Wildman–Crippen LogP) is 4.88. The summed E-state index contributed by atoms with van der Waals surface area (Å²) in [6.07, 6.45) is 0. The number of hydrogen-bond donors (Lipinski definition) is 3. The highest BCUT2D eigenvalue weighted by Gasteiger charge is 2.37. The highest BCUT2D eigenvalue weighted by Crippen LogP contribution is 2.43. The highest BCUT2D eigenvalue weighted by molar-refractivity contribution is 6.62. The van der Waals surface area contributed by atoms with Crippen LogP contribution in [-0.4, -0.2) is 26.9 Å². The van der Waals surface area contributed by atoms with Crippen LogP contribution in [0, 0.1) is 0 Å². The van der Waals surface area contributed by atoms with E-state index in [1.54, 1.807) is 12.1 Å². The molecular weight excluding hydrogens is 368 g/mol. The molecule has 0 fully saturated rings. The van der Waals surface area contributed by atoms with Gasteiger partial charge in [0, 0.05) is 16.7 Å². The molecule has 1 aliphatic rings. The number of phenolic OH excluding ortho intramolecular Hbond substituents is 2. The molecule has 5 heteroatoms. The SMILES string of the molecule is CC(C)(C)c1cc(C2=C(O)c3cccc(O)c3C(=O)C2=O)cc(C(C)(C)C)c1O. The fraction of sp³-hybridized carbons (Fsp3) is 0.333. The molecule has 0 aromatic heterocycles. The van der Waals surface area contributed by atoms with Crippen molar-refractivity contribution in [3.63, 3.8) is 0 Å². The molecule has 2 aromatic rings. The van der Waals surface area contributed by atoms with Crippen molar-refractivity contribution in [2.24, 2.45) is 0 Å². The van der Waals surface area contributed by atoms with Crippen molar-refractivity contribution in [2.45, 2.75) is 52.4 Å². The Morgan fingerprint density at radius 3 is 1.76 bits per heavy atom. The van der Waals surface area contributed by atoms with Crippen LogP contribution in [0.2, 0.25) is 0 Å². The average molecular weight is 394 g/mol. The lowest BCUT2D eigenvalue weighted by molar-refractivity contribution is -0.110. The quantitative estimate of drug-likeness (QED) is 0.599. The van der Waals surface area contributed by atoms with Crippen LogP contribution in [0.4, 0.5) is 0 Å². The normalized spacial score (nSPS) is 15.0. The summed E-state index contributed by atoms with van der Waals surface area (Å²) in [5, 5.41) is 31.8. The van der Waals surface area contributed by atoms with Gasteiger partial charge in [0.2, 0.25) is 11.6 Å². The van der Waals surface area contributed by atoms with E-state index in [9.17, 15) is 24.9 Å². The van der Waals surface area contributed by atoms with E-state index in [2.05, 4.69) is 0 Å². The van der Waals surface area contributed by atoms with E-state index < -0.39 is 22.4 Å². The molecule has 0 spiro atoms. The molecule has 1 aliphatic carbocycles. The molecular formula is C24H26O5. The zero-order chi connectivity index (χ0) is 21.9. The van der Waals surface area contributed by atoms with E-state index in [1.165, 1.54) is 18.2 Å². The minimum absolute atomic E-state index is 0.118. The Bertz CT molecular complexity index is 1040. The summed E-state index contributed by atoms with van der Waals surface area (Å²) >= 11 is 0. The summed E-state index contributed by atoms with van der Waals surface area (Å²) in [6.45, 7) is 11.6. The first-order valence-electron chi connectivity index (χ1n) is 9.48. The molecule has 0 unspecified atom stereocenters. The van der Waals surface area contributed by atoms with Crippen LogP contribution in [0.3, 0.4) is 0 Å². The van der Waals surface area contributed by atoms with E-state index >= 15 is 0 Å². The Morgan fingerprint density at radius 1 is 0.759 bits per heavy atom. The summed E-state index contributed by atoms with van der Waals surface area (Å²) in [5.41, 5.74) is 0.523. The van der Waals surface area contributed by atoms with Crippen molar-refractivity contribution in [2.75, 3.05) is 0 Å². The molecule has 3 N–H and O–H groups in total. The summed E-state index contributed by atoms with van der Waals surface area (Å²) in [7, 11) is 0. The fourth-order valence-corrected chi connectivity index (χ4v) is 3.64. The number of allylic oxidation sites excluding steroid dienone is 1. The fourth-order valence-electron chi connectivity index (χ4n) is 3.64. The number of carbonyl (C=O) groups is 2. The largest absolute Gasteiger partial charge is 0.507 e. The van der Waals surface area contributed by atoms with Gasteiger partial charge in [-0.25, -0.2) is 0 Å². The van der Waals surface area contributed by atoms with Crippen LogP contribution in [0.5, 0.6) is 11.5 Å². The van der Waals surface area contributed by atoms with Gasteiger partial charge < -0.3 is 15.3 Å². The maximum absolute atomic E-state index is 12.9. The highest BCUT2D eigenvalue weighted by atomic mass is 16.3. The zero-order valence-electron chi connectivity index (χ0n) is 17.5. The van der Waals surface area contributed by atoms with Gasteiger partial charge in [-0.05, 0) is 34.6 Å². The second-order valence-corrected chi connectivity index (χ2v) is 9.50. The zero-order valence-corrected chi connectivity index (χ0v) is 17.5. The van der Waals surface area contributed by atoms with E-state index in [0.717, 1.165) is 0 Å². The second kappa shape index (κ2) is 6.48. The molecule has 0 bridgehead atoms. The number of fused-ring (bicyclic) bond motifs is 1. The lowest BCUT2D eigenvalue weighted by atomic mass is 9.76. The predicted molar refractivity (Wildman–Crippen MR) is 112 cm³/mol. The molecule has 0 saturated heterocycles. The van der Waals surface area contributed by atoms with Crippen LogP contribution in [-0.2, 0) is 15.6 Å². The molecule has 3 rings (SSSR count). The number of rotatable bonds is 1. The van der Waals surface area contributed by atoms with Crippen molar-refractivity contribution in [1.29, 1.82) is 0 Å². The van der Waals surface area contributed by atoms with Crippen molar-refractivity contribution in [1.82, 2.24) is 0 Å². The maximum Gasteiger partial charge on any atom is 0.238 e. The van der Waals surface area contributed by atoms with Crippen LogP contribution in [0.15, 0.2) is 30.3 Å². The van der Waals surface area contributed by atoms with E-state index in [4.69, 9.17) is 0 Å². The topological polar surface area (TPSA) is 94.8 Å². The van der Waals surface area contributed by atoms with Crippen LogP contribution < -0.4 is 0 Å². The van der Waals surface area contributed by atoms with Crippen molar-refractivity contribution in [3.8, 4) is 11.5 Å². The van der Waals surface area contributed by atoms with Crippen LogP contribution in [0.1, 0.15) is 74.2 Å². The van der Waals surface area contributed by atoms with E-state index in [1.807, 2.05) is 41.5 Å². The summed E-state index contributed by atoms with van der Waals surface area (Å²) in [6, 6.07) is 7.59. The van der Waals surface area contributed by atoms with Crippen molar-refractivity contribution < 1.29 is 24.9 Å². The first-order chi connectivity index (χ1) is 13.2. The average Bonchev–Trinajstić information content (AvgIpc) is 2.59. The molecule has 29 heavy (non-hydrogen) atoms.